The van der Waals surface area contributed by atoms with Crippen LogP contribution in [0.1, 0.15) is 29.0 Å². The van der Waals surface area contributed by atoms with E-state index in [0.717, 1.165) is 54.3 Å². The zero-order valence-corrected chi connectivity index (χ0v) is 14.6. The summed E-state index contributed by atoms with van der Waals surface area (Å²) in [5.41, 5.74) is 2.58. The second kappa shape index (κ2) is 7.19. The Bertz CT molecular complexity index is 853. The predicted octanol–water partition coefficient (Wildman–Crippen LogP) is 3.48. The molecule has 0 unspecified atom stereocenters. The molecule has 0 spiro atoms. The zero-order valence-electron chi connectivity index (χ0n) is 14.6. The van der Waals surface area contributed by atoms with Gasteiger partial charge in [0.2, 0.25) is 0 Å². The molecule has 0 amide bonds. The van der Waals surface area contributed by atoms with Gasteiger partial charge in [-0.2, -0.15) is 5.10 Å². The minimum atomic E-state index is 0. The third-order valence-electron chi connectivity index (χ3n) is 4.76. The van der Waals surface area contributed by atoms with Gasteiger partial charge in [0.25, 0.3) is 0 Å². The highest BCUT2D eigenvalue weighted by Gasteiger charge is 2.19. The standard InChI is InChI=1S/C19H24N6.2H2/c1-2-6-14-13-25(12-5-11-20-14)17-9-3-8-16(22-17)18-15-7-4-10-21-19(15)24-23-18;;/h3-4,7-10,14,20H,2,5-6,11-13H2,1H3,(H,21,23,24);2*1H/t14-;;/m0../s1. The van der Waals surface area contributed by atoms with Gasteiger partial charge in [-0.3, -0.25) is 5.10 Å². The number of hydrogen-bond acceptors (Lipinski definition) is 5. The summed E-state index contributed by atoms with van der Waals surface area (Å²) in [6.07, 6.45) is 5.30. The molecule has 0 bridgehead atoms. The van der Waals surface area contributed by atoms with Gasteiger partial charge < -0.3 is 10.2 Å². The van der Waals surface area contributed by atoms with E-state index in [9.17, 15) is 0 Å². The van der Waals surface area contributed by atoms with Crippen LogP contribution in [0.5, 0.6) is 0 Å². The van der Waals surface area contributed by atoms with Gasteiger partial charge in [-0.25, -0.2) is 9.97 Å². The van der Waals surface area contributed by atoms with Crippen molar-refractivity contribution in [3.8, 4) is 11.4 Å². The Kier molecular flexibility index (Phi) is 4.61. The molecule has 6 nitrogen and oxygen atoms in total. The zero-order chi connectivity index (χ0) is 17.1. The number of fused-ring (bicyclic) bond motifs is 1. The first kappa shape index (κ1) is 16.0. The van der Waals surface area contributed by atoms with E-state index in [2.05, 4.69) is 44.5 Å². The van der Waals surface area contributed by atoms with Crippen LogP contribution in [0.2, 0.25) is 0 Å². The number of aromatic amines is 1. The number of rotatable bonds is 4. The van der Waals surface area contributed by atoms with E-state index in [0.29, 0.717) is 6.04 Å². The molecule has 4 heterocycles. The molecule has 6 heteroatoms. The highest BCUT2D eigenvalue weighted by molar-refractivity contribution is 5.89. The third-order valence-corrected chi connectivity index (χ3v) is 4.76. The molecule has 0 aliphatic carbocycles. The second-order valence-electron chi connectivity index (χ2n) is 6.59. The fourth-order valence-corrected chi connectivity index (χ4v) is 3.53. The van der Waals surface area contributed by atoms with E-state index >= 15 is 0 Å². The summed E-state index contributed by atoms with van der Waals surface area (Å²) in [6, 6.07) is 10.7. The number of nitrogens with one attached hydrogen (secondary N) is 2. The minimum absolute atomic E-state index is 0. The summed E-state index contributed by atoms with van der Waals surface area (Å²) in [7, 11) is 0. The molecular weight excluding hydrogens is 312 g/mol. The quantitative estimate of drug-likeness (QED) is 0.761. The molecule has 2 N–H and O–H groups in total. The lowest BCUT2D eigenvalue weighted by atomic mass is 10.1. The number of aromatic nitrogens is 4. The molecule has 1 aliphatic rings. The molecule has 4 rings (SSSR count). The van der Waals surface area contributed by atoms with Crippen LogP contribution < -0.4 is 10.2 Å². The lowest BCUT2D eigenvalue weighted by molar-refractivity contribution is 0.502. The van der Waals surface area contributed by atoms with Crippen molar-refractivity contribution in [3.63, 3.8) is 0 Å². The fourth-order valence-electron chi connectivity index (χ4n) is 3.53. The highest BCUT2D eigenvalue weighted by Crippen LogP contribution is 2.25. The first-order valence-electron chi connectivity index (χ1n) is 9.10. The highest BCUT2D eigenvalue weighted by atomic mass is 15.2. The summed E-state index contributed by atoms with van der Waals surface area (Å²) >= 11 is 0. The van der Waals surface area contributed by atoms with Crippen molar-refractivity contribution in [1.29, 1.82) is 0 Å². The lowest BCUT2D eigenvalue weighted by Crippen LogP contribution is -2.37. The SMILES string of the molecule is CCC[C@H]1CN(c2cccc(-c3[nH]nc4ncccc34)n2)CCCN1.[HH].[HH]. The number of nitrogens with zero attached hydrogens (tertiary/aromatic N) is 4. The van der Waals surface area contributed by atoms with E-state index in [1.165, 1.54) is 12.8 Å². The number of anilines is 1. The van der Waals surface area contributed by atoms with Crippen molar-refractivity contribution >= 4 is 16.9 Å². The van der Waals surface area contributed by atoms with Crippen LogP contribution in [0.25, 0.3) is 22.4 Å². The maximum absolute atomic E-state index is 4.92. The molecule has 0 saturated carbocycles. The summed E-state index contributed by atoms with van der Waals surface area (Å²) in [5.74, 6) is 1.04. The average Bonchev–Trinajstić information content (AvgIpc) is 2.94. The Morgan fingerprint density at radius 3 is 3.16 bits per heavy atom. The first-order chi connectivity index (χ1) is 12.3. The lowest BCUT2D eigenvalue weighted by Gasteiger charge is -2.25. The van der Waals surface area contributed by atoms with Crippen LogP contribution >= 0.6 is 0 Å². The molecular formula is C19H28N6. The van der Waals surface area contributed by atoms with Crippen LogP contribution in [0.3, 0.4) is 0 Å². The van der Waals surface area contributed by atoms with Crippen LogP contribution in [0.4, 0.5) is 5.82 Å². The van der Waals surface area contributed by atoms with E-state index in [1.54, 1.807) is 6.20 Å². The molecule has 1 fully saturated rings. The number of hydrogen-bond donors (Lipinski definition) is 2. The van der Waals surface area contributed by atoms with Gasteiger partial charge in [-0.15, -0.1) is 0 Å². The molecule has 1 aliphatic heterocycles. The molecule has 3 aromatic rings. The second-order valence-corrected chi connectivity index (χ2v) is 6.59. The van der Waals surface area contributed by atoms with E-state index in [1.807, 2.05) is 18.2 Å². The summed E-state index contributed by atoms with van der Waals surface area (Å²) < 4.78 is 0. The maximum Gasteiger partial charge on any atom is 0.181 e. The van der Waals surface area contributed by atoms with Gasteiger partial charge in [0.1, 0.15) is 5.82 Å². The van der Waals surface area contributed by atoms with Crippen LogP contribution in [0.15, 0.2) is 36.5 Å². The van der Waals surface area contributed by atoms with E-state index in [-0.39, 0.29) is 2.85 Å². The van der Waals surface area contributed by atoms with Crippen LogP contribution in [-0.2, 0) is 0 Å². The first-order valence-corrected chi connectivity index (χ1v) is 9.10. The largest absolute Gasteiger partial charge is 0.355 e. The number of pyridine rings is 2. The normalized spacial score (nSPS) is 18.4. The molecule has 3 aromatic heterocycles. The fraction of sp³-hybridized carbons (Fsp3) is 0.421. The third kappa shape index (κ3) is 3.35. The van der Waals surface area contributed by atoms with Gasteiger partial charge in [-0.1, -0.05) is 19.4 Å². The van der Waals surface area contributed by atoms with E-state index in [4.69, 9.17) is 4.98 Å². The maximum atomic E-state index is 4.92. The number of H-pyrrole nitrogens is 1. The molecule has 134 valence electrons. The summed E-state index contributed by atoms with van der Waals surface area (Å²) in [4.78, 5) is 11.6. The monoisotopic (exact) mass is 340 g/mol. The predicted molar refractivity (Wildman–Crippen MR) is 105 cm³/mol. The van der Waals surface area contributed by atoms with Crippen molar-refractivity contribution in [1.82, 2.24) is 25.5 Å². The van der Waals surface area contributed by atoms with Crippen molar-refractivity contribution < 1.29 is 2.85 Å². The van der Waals surface area contributed by atoms with Crippen molar-refractivity contribution in [2.45, 2.75) is 32.2 Å². The van der Waals surface area contributed by atoms with Gasteiger partial charge in [0.05, 0.1) is 11.4 Å². The van der Waals surface area contributed by atoms with Crippen LogP contribution in [-0.4, -0.2) is 45.8 Å². The molecule has 1 atom stereocenters. The topological polar surface area (TPSA) is 69.7 Å². The Hall–Kier alpha value is -2.47. The van der Waals surface area contributed by atoms with Crippen molar-refractivity contribution in [2.24, 2.45) is 0 Å². The molecule has 1 saturated heterocycles. The van der Waals surface area contributed by atoms with Crippen molar-refractivity contribution in [2.75, 3.05) is 24.5 Å². The Morgan fingerprint density at radius 1 is 1.28 bits per heavy atom. The molecule has 0 aromatic carbocycles. The van der Waals surface area contributed by atoms with Gasteiger partial charge in [-0.05, 0) is 43.7 Å². The minimum Gasteiger partial charge on any atom is -0.355 e. The van der Waals surface area contributed by atoms with E-state index < -0.39 is 0 Å². The summed E-state index contributed by atoms with van der Waals surface area (Å²) in [6.45, 7) is 5.37. The molecule has 25 heavy (non-hydrogen) atoms. The Morgan fingerprint density at radius 2 is 2.24 bits per heavy atom. The average molecular weight is 340 g/mol. The van der Waals surface area contributed by atoms with Crippen LogP contribution in [0, 0.1) is 0 Å². The Balaban J connectivity index is 0.00000131. The van der Waals surface area contributed by atoms with Gasteiger partial charge in [0, 0.05) is 33.6 Å². The van der Waals surface area contributed by atoms with Crippen molar-refractivity contribution in [3.05, 3.63) is 36.5 Å². The Labute approximate surface area is 150 Å². The molecule has 0 radical (unpaired) electrons. The van der Waals surface area contributed by atoms with Gasteiger partial charge >= 0.3 is 0 Å². The van der Waals surface area contributed by atoms with Gasteiger partial charge in [0.15, 0.2) is 5.65 Å². The summed E-state index contributed by atoms with van der Waals surface area (Å²) in [5, 5.41) is 12.0. The smallest absolute Gasteiger partial charge is 0.181 e.